The predicted octanol–water partition coefficient (Wildman–Crippen LogP) is 0.814. The third-order valence-corrected chi connectivity index (χ3v) is 4.61. The van der Waals surface area contributed by atoms with Crippen LogP contribution in [0, 0.1) is 11.8 Å². The summed E-state index contributed by atoms with van der Waals surface area (Å²) >= 11 is 0. The molecule has 0 bridgehead atoms. The number of nitrogens with zero attached hydrogens (tertiary/aromatic N) is 5. The summed E-state index contributed by atoms with van der Waals surface area (Å²) < 4.78 is 1.77. The number of hydrogen-bond acceptors (Lipinski definition) is 5. The van der Waals surface area contributed by atoms with Crippen LogP contribution in [0.3, 0.4) is 0 Å². The van der Waals surface area contributed by atoms with Gasteiger partial charge < -0.3 is 10.0 Å². The minimum atomic E-state index is -0.761. The fourth-order valence-electron chi connectivity index (χ4n) is 3.79. The third kappa shape index (κ3) is 1.52. The lowest BCUT2D eigenvalue weighted by molar-refractivity contribution is -0.139. The van der Waals surface area contributed by atoms with Crippen molar-refractivity contribution in [1.82, 2.24) is 19.6 Å². The van der Waals surface area contributed by atoms with Crippen molar-refractivity contribution in [3.8, 4) is 0 Å². The van der Waals surface area contributed by atoms with E-state index >= 15 is 0 Å². The topological polar surface area (TPSA) is 83.6 Å². The van der Waals surface area contributed by atoms with Gasteiger partial charge in [-0.3, -0.25) is 4.40 Å². The molecule has 2 aliphatic rings. The molecule has 104 valence electrons. The number of rotatable bonds is 2. The van der Waals surface area contributed by atoms with Crippen molar-refractivity contribution in [2.75, 3.05) is 11.4 Å². The molecule has 2 fully saturated rings. The molecule has 2 aromatic heterocycles. The average molecular weight is 273 g/mol. The fraction of sp³-hybridized carbons (Fsp3) is 0.538. The predicted molar refractivity (Wildman–Crippen MR) is 70.4 cm³/mol. The van der Waals surface area contributed by atoms with E-state index in [-0.39, 0.29) is 5.92 Å². The second kappa shape index (κ2) is 4.16. The maximum Gasteiger partial charge on any atom is 0.326 e. The molecule has 3 atom stereocenters. The van der Waals surface area contributed by atoms with E-state index in [1.165, 1.54) is 0 Å². The number of carboxylic acid groups (broad SMARTS) is 1. The number of carbonyl (C=O) groups is 1. The summed E-state index contributed by atoms with van der Waals surface area (Å²) in [6.45, 7) is 0.751. The second-order valence-electron chi connectivity index (χ2n) is 5.60. The molecule has 2 aromatic rings. The normalized spacial score (nSPS) is 29.0. The molecule has 1 saturated carbocycles. The molecule has 0 amide bonds. The van der Waals surface area contributed by atoms with Gasteiger partial charge in [0.1, 0.15) is 12.4 Å². The van der Waals surface area contributed by atoms with E-state index in [1.807, 2.05) is 4.90 Å². The Morgan fingerprint density at radius 2 is 2.30 bits per heavy atom. The van der Waals surface area contributed by atoms with Gasteiger partial charge in [-0.15, -0.1) is 10.2 Å². The highest BCUT2D eigenvalue weighted by Crippen LogP contribution is 2.44. The Balaban J connectivity index is 1.81. The Bertz CT molecular complexity index is 670. The summed E-state index contributed by atoms with van der Waals surface area (Å²) in [7, 11) is 0. The maximum absolute atomic E-state index is 11.7. The molecular formula is C13H15N5O2. The Hall–Kier alpha value is -2.18. The first-order valence-electron chi connectivity index (χ1n) is 6.89. The zero-order valence-electron chi connectivity index (χ0n) is 10.9. The van der Waals surface area contributed by atoms with Crippen molar-refractivity contribution in [2.45, 2.75) is 25.3 Å². The molecule has 1 saturated heterocycles. The fourth-order valence-corrected chi connectivity index (χ4v) is 3.79. The van der Waals surface area contributed by atoms with E-state index in [2.05, 4.69) is 15.2 Å². The van der Waals surface area contributed by atoms with Crippen molar-refractivity contribution in [2.24, 2.45) is 11.8 Å². The second-order valence-corrected chi connectivity index (χ2v) is 5.60. The lowest BCUT2D eigenvalue weighted by Crippen LogP contribution is -2.40. The largest absolute Gasteiger partial charge is 0.480 e. The first kappa shape index (κ1) is 11.6. The van der Waals surface area contributed by atoms with E-state index in [0.29, 0.717) is 17.4 Å². The first-order chi connectivity index (χ1) is 9.75. The van der Waals surface area contributed by atoms with Crippen LogP contribution in [0.15, 0.2) is 18.7 Å². The smallest absolute Gasteiger partial charge is 0.326 e. The zero-order valence-corrected chi connectivity index (χ0v) is 10.9. The van der Waals surface area contributed by atoms with E-state index in [4.69, 9.17) is 0 Å². The highest BCUT2D eigenvalue weighted by atomic mass is 16.4. The van der Waals surface area contributed by atoms with E-state index in [1.54, 1.807) is 23.1 Å². The minimum Gasteiger partial charge on any atom is -0.480 e. The van der Waals surface area contributed by atoms with Gasteiger partial charge in [-0.1, -0.05) is 6.42 Å². The van der Waals surface area contributed by atoms with Crippen molar-refractivity contribution in [3.63, 3.8) is 0 Å². The van der Waals surface area contributed by atoms with Gasteiger partial charge in [0, 0.05) is 18.9 Å². The number of aromatic nitrogens is 4. The van der Waals surface area contributed by atoms with Gasteiger partial charge in [-0.05, 0) is 24.7 Å². The summed E-state index contributed by atoms with van der Waals surface area (Å²) in [5.41, 5.74) is 0.624. The van der Waals surface area contributed by atoms with Crippen LogP contribution in [0.1, 0.15) is 19.3 Å². The average Bonchev–Trinajstić information content (AvgIpc) is 3.11. The van der Waals surface area contributed by atoms with Gasteiger partial charge in [-0.25, -0.2) is 9.78 Å². The Morgan fingerprint density at radius 3 is 3.15 bits per heavy atom. The van der Waals surface area contributed by atoms with E-state index < -0.39 is 12.0 Å². The van der Waals surface area contributed by atoms with Crippen LogP contribution in [-0.2, 0) is 4.79 Å². The van der Waals surface area contributed by atoms with Crippen LogP contribution < -0.4 is 4.90 Å². The van der Waals surface area contributed by atoms with Crippen molar-refractivity contribution in [3.05, 3.63) is 18.7 Å². The Kier molecular flexibility index (Phi) is 2.42. The van der Waals surface area contributed by atoms with Crippen molar-refractivity contribution < 1.29 is 9.90 Å². The standard InChI is InChI=1S/C13H15N5O2/c19-13(20)10-9-3-1-2-8(9)6-18(10)11-12-16-15-7-17(12)5-4-14-11/h4-5,7-10H,1-3,6H2,(H,19,20). The molecular weight excluding hydrogens is 258 g/mol. The van der Waals surface area contributed by atoms with Crippen LogP contribution in [0.4, 0.5) is 5.82 Å². The summed E-state index contributed by atoms with van der Waals surface area (Å²) in [4.78, 5) is 18.0. The number of aliphatic carboxylic acids is 1. The van der Waals surface area contributed by atoms with E-state index in [0.717, 1.165) is 25.8 Å². The molecule has 7 heteroatoms. The first-order valence-corrected chi connectivity index (χ1v) is 6.89. The number of anilines is 1. The molecule has 1 N–H and O–H groups in total. The van der Waals surface area contributed by atoms with Gasteiger partial charge in [0.05, 0.1) is 0 Å². The summed E-state index contributed by atoms with van der Waals surface area (Å²) in [5.74, 6) is 0.563. The van der Waals surface area contributed by atoms with Gasteiger partial charge >= 0.3 is 5.97 Å². The minimum absolute atomic E-state index is 0.234. The summed E-state index contributed by atoms with van der Waals surface area (Å²) in [6, 6.07) is -0.488. The van der Waals surface area contributed by atoms with Gasteiger partial charge in [-0.2, -0.15) is 0 Å². The molecule has 0 radical (unpaired) electrons. The van der Waals surface area contributed by atoms with Crippen LogP contribution in [0.2, 0.25) is 0 Å². The Morgan fingerprint density at radius 1 is 1.40 bits per heavy atom. The van der Waals surface area contributed by atoms with Crippen molar-refractivity contribution >= 4 is 17.4 Å². The number of hydrogen-bond donors (Lipinski definition) is 1. The molecule has 1 aliphatic carbocycles. The summed E-state index contributed by atoms with van der Waals surface area (Å²) in [6.07, 6.45) is 8.28. The number of fused-ring (bicyclic) bond motifs is 2. The molecule has 20 heavy (non-hydrogen) atoms. The lowest BCUT2D eigenvalue weighted by Gasteiger charge is -2.25. The molecule has 1 aliphatic heterocycles. The van der Waals surface area contributed by atoms with Gasteiger partial charge in [0.15, 0.2) is 5.82 Å². The zero-order chi connectivity index (χ0) is 13.7. The molecule has 3 unspecified atom stereocenters. The highest BCUT2D eigenvalue weighted by Gasteiger charge is 2.48. The van der Waals surface area contributed by atoms with Gasteiger partial charge in [0.25, 0.3) is 0 Å². The monoisotopic (exact) mass is 273 g/mol. The van der Waals surface area contributed by atoms with Crippen molar-refractivity contribution in [1.29, 1.82) is 0 Å². The maximum atomic E-state index is 11.7. The van der Waals surface area contributed by atoms with Gasteiger partial charge in [0.2, 0.25) is 5.65 Å². The third-order valence-electron chi connectivity index (χ3n) is 4.61. The molecule has 0 aromatic carbocycles. The molecule has 3 heterocycles. The summed E-state index contributed by atoms with van der Waals surface area (Å²) in [5, 5.41) is 17.5. The number of carboxylic acids is 1. The van der Waals surface area contributed by atoms with Crippen LogP contribution in [0.5, 0.6) is 0 Å². The van der Waals surface area contributed by atoms with E-state index in [9.17, 15) is 9.90 Å². The molecule has 0 spiro atoms. The molecule has 7 nitrogen and oxygen atoms in total. The quantitative estimate of drug-likeness (QED) is 0.872. The SMILES string of the molecule is O=C(O)C1C2CCCC2CN1c1nccn2cnnc12. The van der Waals surface area contributed by atoms with Crippen LogP contribution in [0.25, 0.3) is 5.65 Å². The lowest BCUT2D eigenvalue weighted by atomic mass is 9.94. The van der Waals surface area contributed by atoms with Crippen LogP contribution >= 0.6 is 0 Å². The van der Waals surface area contributed by atoms with Crippen LogP contribution in [-0.4, -0.2) is 43.2 Å². The Labute approximate surface area is 115 Å². The molecule has 4 rings (SSSR count). The highest BCUT2D eigenvalue weighted by molar-refractivity contribution is 5.81.